The summed E-state index contributed by atoms with van der Waals surface area (Å²) < 4.78 is 0.598. The number of β-lactam (4-membered cyclic amide) rings is 1. The van der Waals surface area contributed by atoms with Gasteiger partial charge in [-0.1, -0.05) is 53.2 Å². The maximum absolute atomic E-state index is 13.5. The number of hydrogen-bond donors (Lipinski definition) is 5. The number of amides is 1. The van der Waals surface area contributed by atoms with Crippen molar-refractivity contribution in [3.05, 3.63) is 86.0 Å². The van der Waals surface area contributed by atoms with Crippen LogP contribution in [-0.2, 0) is 43.7 Å². The molecule has 6 N–H and O–H groups in total. The number of aliphatic carboxylic acids is 2. The second-order valence-electron chi connectivity index (χ2n) is 13.6. The first kappa shape index (κ1) is 36.9. The molecule has 1 aromatic heterocycles. The van der Waals surface area contributed by atoms with Gasteiger partial charge in [0, 0.05) is 34.2 Å². The molecule has 1 fully saturated rings. The van der Waals surface area contributed by atoms with Gasteiger partial charge in [-0.2, -0.15) is 0 Å². The number of thiazole rings is 1. The lowest BCUT2D eigenvalue weighted by Crippen LogP contribution is -2.62. The summed E-state index contributed by atoms with van der Waals surface area (Å²) in [6.07, 6.45) is 3.13. The van der Waals surface area contributed by atoms with E-state index in [9.17, 15) is 39.6 Å². The van der Waals surface area contributed by atoms with Crippen molar-refractivity contribution in [2.24, 2.45) is 11.1 Å². The molecule has 4 heterocycles. The van der Waals surface area contributed by atoms with Gasteiger partial charge in [0.2, 0.25) is 11.5 Å². The third kappa shape index (κ3) is 7.11. The largest absolute Gasteiger partial charge is 0.504 e. The number of phenols is 2. The zero-order valence-electron chi connectivity index (χ0n) is 28.2. The van der Waals surface area contributed by atoms with E-state index < -0.39 is 40.5 Å². The molecule has 2 aromatic carbocycles. The highest BCUT2D eigenvalue weighted by molar-refractivity contribution is 8.00. The molecule has 0 spiro atoms. The number of allylic oxidation sites excluding steroid dienone is 1. The summed E-state index contributed by atoms with van der Waals surface area (Å²) in [5, 5.41) is 44.6. The van der Waals surface area contributed by atoms with E-state index in [1.54, 1.807) is 18.2 Å². The van der Waals surface area contributed by atoms with Gasteiger partial charge in [-0.05, 0) is 31.1 Å². The molecule has 1 unspecified atom stereocenters. The Morgan fingerprint density at radius 3 is 2.52 bits per heavy atom. The van der Waals surface area contributed by atoms with Crippen LogP contribution in [0.4, 0.5) is 5.13 Å². The highest BCUT2D eigenvalue weighted by atomic mass is 35.5. The molecule has 272 valence electrons. The first-order valence-corrected chi connectivity index (χ1v) is 18.3. The van der Waals surface area contributed by atoms with Crippen molar-refractivity contribution in [3.63, 3.8) is 0 Å². The van der Waals surface area contributed by atoms with Crippen molar-refractivity contribution in [1.29, 1.82) is 0 Å². The number of fused-ring (bicyclic) bond motifs is 2. The number of nitrogens with zero attached hydrogens (tertiary/aromatic N) is 4. The molecule has 3 atom stereocenters. The first-order valence-electron chi connectivity index (χ1n) is 16.0. The van der Waals surface area contributed by atoms with Crippen molar-refractivity contribution >= 4 is 75.2 Å². The average molecular weight is 769 g/mol. The van der Waals surface area contributed by atoms with Crippen molar-refractivity contribution in [2.75, 3.05) is 18.5 Å². The van der Waals surface area contributed by atoms with E-state index in [0.717, 1.165) is 33.6 Å². The fourth-order valence-electron chi connectivity index (χ4n) is 6.40. The van der Waals surface area contributed by atoms with Gasteiger partial charge >= 0.3 is 11.9 Å². The number of rotatable bonds is 12. The fourth-order valence-corrected chi connectivity index (χ4v) is 8.61. The van der Waals surface area contributed by atoms with Gasteiger partial charge in [0.05, 0.1) is 23.4 Å². The fraction of sp³-hybridized carbons (Fsp3) is 0.314. The van der Waals surface area contributed by atoms with Crippen molar-refractivity contribution in [1.82, 2.24) is 9.88 Å². The number of thioether (sulfide) groups is 1. The van der Waals surface area contributed by atoms with E-state index >= 15 is 0 Å². The molecule has 0 saturated carbocycles. The first-order chi connectivity index (χ1) is 24.5. The molecular formula is C35H35ClN5O9S2+. The summed E-state index contributed by atoms with van der Waals surface area (Å²) in [6.45, 7) is 4.42. The molecule has 17 heteroatoms. The maximum atomic E-state index is 13.5. The Bertz CT molecular complexity index is 2100. The summed E-state index contributed by atoms with van der Waals surface area (Å²) in [4.78, 5) is 61.2. The molecule has 1 amide bonds. The predicted molar refractivity (Wildman–Crippen MR) is 194 cm³/mol. The summed E-state index contributed by atoms with van der Waals surface area (Å²) in [5.41, 5.74) is 7.64. The number of nitrogen functional groups attached to an aromatic ring is 1. The smallest absolute Gasteiger partial charge is 0.352 e. The van der Waals surface area contributed by atoms with Crippen LogP contribution in [0.1, 0.15) is 48.2 Å². The Morgan fingerprint density at radius 1 is 1.17 bits per heavy atom. The van der Waals surface area contributed by atoms with Crippen LogP contribution in [0.3, 0.4) is 0 Å². The second-order valence-corrected chi connectivity index (χ2v) is 16.0. The van der Waals surface area contributed by atoms with E-state index in [1.807, 2.05) is 24.3 Å². The topological polar surface area (TPSA) is 213 Å². The van der Waals surface area contributed by atoms with E-state index in [1.165, 1.54) is 35.9 Å². The van der Waals surface area contributed by atoms with E-state index in [0.29, 0.717) is 29.7 Å². The molecule has 0 aliphatic carbocycles. The molecule has 3 aliphatic heterocycles. The highest BCUT2D eigenvalue weighted by Crippen LogP contribution is 2.46. The van der Waals surface area contributed by atoms with E-state index in [4.69, 9.17) is 22.2 Å². The molecular weight excluding hydrogens is 734 g/mol. The number of carbonyl (C=O) groups is 4. The molecule has 3 aromatic rings. The zero-order valence-corrected chi connectivity index (χ0v) is 30.6. The Kier molecular flexibility index (Phi) is 9.87. The molecule has 14 nitrogen and oxygen atoms in total. The van der Waals surface area contributed by atoms with Crippen LogP contribution >= 0.6 is 34.7 Å². The Hall–Kier alpha value is -4.90. The highest BCUT2D eigenvalue weighted by Gasteiger charge is 2.54. The number of nitrogens with two attached hydrogens (primary N) is 1. The second kappa shape index (κ2) is 13.9. The van der Waals surface area contributed by atoms with Crippen LogP contribution in [0.15, 0.2) is 58.2 Å². The van der Waals surface area contributed by atoms with E-state index in [-0.39, 0.29) is 50.9 Å². The lowest BCUT2D eigenvalue weighted by atomic mass is 9.89. The number of carboxylic acid groups (broad SMARTS) is 2. The number of oxime groups is 1. The minimum Gasteiger partial charge on any atom is -0.504 e. The number of aromatic hydroxyl groups is 2. The van der Waals surface area contributed by atoms with Gasteiger partial charge in [-0.25, -0.2) is 14.6 Å². The van der Waals surface area contributed by atoms with Gasteiger partial charge in [-0.15, -0.1) is 23.1 Å². The number of Topliss-reactive ketones (excluding diaryl/α,β-unsaturated/α-hetero) is 1. The predicted octanol–water partition coefficient (Wildman–Crippen LogP) is 4.58. The third-order valence-electron chi connectivity index (χ3n) is 9.15. The number of quaternary nitrogens is 1. The molecule has 3 aliphatic rings. The zero-order chi connectivity index (χ0) is 37.7. The third-order valence-corrected chi connectivity index (χ3v) is 11.6. The Morgan fingerprint density at radius 2 is 1.88 bits per heavy atom. The van der Waals surface area contributed by atoms with Crippen LogP contribution in [0.2, 0.25) is 5.02 Å². The number of carboxylic acids is 2. The van der Waals surface area contributed by atoms with Crippen LogP contribution in [0.5, 0.6) is 11.5 Å². The minimum absolute atomic E-state index is 0.0739. The van der Waals surface area contributed by atoms with Crippen LogP contribution in [0, 0.1) is 5.92 Å². The number of carbonyl (C=O) groups excluding carboxylic acids is 2. The number of anilines is 1. The molecule has 0 bridgehead atoms. The van der Waals surface area contributed by atoms with Crippen LogP contribution in [-0.4, -0.2) is 87.9 Å². The number of phenolic OH excluding ortho intramolecular Hbond substituents is 2. The maximum Gasteiger partial charge on any atom is 0.352 e. The summed E-state index contributed by atoms with van der Waals surface area (Å²) in [5.74, 6) is -4.86. The molecule has 1 saturated heterocycles. The summed E-state index contributed by atoms with van der Waals surface area (Å²) in [7, 11) is 2.07. The Balaban J connectivity index is 1.13. The number of hydrogen-bond acceptors (Lipinski definition) is 12. The van der Waals surface area contributed by atoms with Gasteiger partial charge in [-0.3, -0.25) is 14.5 Å². The quantitative estimate of drug-likeness (QED) is 0.0564. The number of ketones is 1. The van der Waals surface area contributed by atoms with Crippen LogP contribution < -0.4 is 5.73 Å². The lowest BCUT2D eigenvalue weighted by Gasteiger charge is -2.49. The minimum atomic E-state index is -1.75. The number of benzene rings is 2. The van der Waals surface area contributed by atoms with Gasteiger partial charge in [0.25, 0.3) is 0 Å². The Labute approximate surface area is 311 Å². The summed E-state index contributed by atoms with van der Waals surface area (Å²) >= 11 is 8.69. The van der Waals surface area contributed by atoms with E-state index in [2.05, 4.69) is 17.2 Å². The van der Waals surface area contributed by atoms with Crippen molar-refractivity contribution in [3.8, 4) is 11.5 Å². The van der Waals surface area contributed by atoms with Gasteiger partial charge < -0.3 is 35.5 Å². The molecule has 52 heavy (non-hydrogen) atoms. The lowest BCUT2D eigenvalue weighted by molar-refractivity contribution is -0.941. The summed E-state index contributed by atoms with van der Waals surface area (Å²) in [6, 6.07) is 9.35. The van der Waals surface area contributed by atoms with Gasteiger partial charge in [0.15, 0.2) is 28.1 Å². The van der Waals surface area contributed by atoms with Gasteiger partial charge in [0.1, 0.15) is 31.0 Å². The van der Waals surface area contributed by atoms with Crippen molar-refractivity contribution < 1.29 is 48.9 Å². The van der Waals surface area contributed by atoms with Crippen LogP contribution in [0.25, 0.3) is 6.08 Å². The SMILES string of the molecule is CC(C)(O/N=C(\C(=O)C[C@@H]1C(=O)N2C(C(=O)O)=C(C=Cc3ccc(C[N+]4(C)Cc5cc(O)c(O)c(Cl)c5C4)cc3)CS[C@H]12)c1csc(N)n1)C(=O)O. The normalized spacial score (nSPS) is 21.6. The monoisotopic (exact) mass is 768 g/mol. The van der Waals surface area contributed by atoms with Crippen molar-refractivity contribution in [2.45, 2.75) is 50.9 Å². The number of halogens is 1. The standard InChI is InChI=1S/C35H34ClN5O9S2/c1-35(2,33(48)49)50-39-27(23-16-52-34(37)38-23)24(42)11-21-30(45)40-28(32(46)47)19(15-51-31(21)40)9-8-17-4-6-18(7-5-17)12-41(3)13-20-10-25(43)29(44)26(36)22(20)14-41/h4-10,16,21,31H,11-15H2,1-3H3,(H5-,37,38,39,42,43,44,46,47,48,49)/p+1/t21-,31-,41?/m1/s1. The average Bonchev–Trinajstić information content (AvgIpc) is 3.67. The molecule has 6 rings (SSSR count). The number of aromatic nitrogens is 1. The molecule has 0 radical (unpaired) electrons.